The second-order valence-electron chi connectivity index (χ2n) is 5.39. The van der Waals surface area contributed by atoms with Gasteiger partial charge in [-0.1, -0.05) is 12.8 Å². The monoisotopic (exact) mass is 305 g/mol. The van der Waals surface area contributed by atoms with Crippen molar-refractivity contribution in [2.45, 2.75) is 38.3 Å². The van der Waals surface area contributed by atoms with Crippen LogP contribution < -0.4 is 11.1 Å². The van der Waals surface area contributed by atoms with Crippen LogP contribution in [0.15, 0.2) is 33.5 Å². The highest BCUT2D eigenvalue weighted by Crippen LogP contribution is 2.18. The van der Waals surface area contributed by atoms with Crippen molar-refractivity contribution in [3.05, 3.63) is 40.6 Å². The molecule has 1 amide bonds. The first kappa shape index (κ1) is 14.5. The number of hydrogen-bond acceptors (Lipinski definition) is 4. The zero-order valence-corrected chi connectivity index (χ0v) is 11.9. The van der Waals surface area contributed by atoms with Gasteiger partial charge in [-0.25, -0.2) is 9.18 Å². The molecule has 0 spiro atoms. The third-order valence-corrected chi connectivity index (χ3v) is 3.71. The van der Waals surface area contributed by atoms with Crippen molar-refractivity contribution in [3.63, 3.8) is 0 Å². The van der Waals surface area contributed by atoms with Gasteiger partial charge in [0.1, 0.15) is 12.4 Å². The lowest BCUT2D eigenvalue weighted by Gasteiger charge is -2.10. The number of carbonyl (C=O) groups excluding carboxylic acids is 1. The number of aromatic nitrogens is 2. The topological polar surface area (TPSA) is 77.1 Å². The average molecular weight is 305 g/mol. The summed E-state index contributed by atoms with van der Waals surface area (Å²) in [6.07, 6.45) is 4.17. The lowest BCUT2D eigenvalue weighted by Crippen LogP contribution is -2.37. The molecule has 22 heavy (non-hydrogen) atoms. The van der Waals surface area contributed by atoms with E-state index in [0.29, 0.717) is 5.56 Å². The quantitative estimate of drug-likeness (QED) is 0.932. The molecule has 6 nitrogen and oxygen atoms in total. The molecule has 0 atom stereocenters. The van der Waals surface area contributed by atoms with E-state index in [1.807, 2.05) is 0 Å². The lowest BCUT2D eigenvalue weighted by atomic mass is 10.2. The summed E-state index contributed by atoms with van der Waals surface area (Å²) >= 11 is 0. The zero-order valence-electron chi connectivity index (χ0n) is 11.9. The van der Waals surface area contributed by atoms with Crippen LogP contribution in [0.2, 0.25) is 0 Å². The minimum Gasteiger partial charge on any atom is -0.388 e. The molecule has 1 aromatic heterocycles. The van der Waals surface area contributed by atoms with Gasteiger partial charge >= 0.3 is 5.76 Å². The Labute approximate surface area is 125 Å². The van der Waals surface area contributed by atoms with Crippen molar-refractivity contribution in [2.75, 3.05) is 0 Å². The van der Waals surface area contributed by atoms with E-state index in [1.54, 1.807) is 0 Å². The van der Waals surface area contributed by atoms with Crippen LogP contribution in [0.4, 0.5) is 4.39 Å². The van der Waals surface area contributed by atoms with Crippen LogP contribution in [0, 0.1) is 5.82 Å². The number of nitrogens with zero attached hydrogens (tertiary/aromatic N) is 2. The van der Waals surface area contributed by atoms with Gasteiger partial charge in [-0.15, -0.1) is 5.10 Å². The number of amides is 1. The molecular formula is C15H16FN3O3. The zero-order chi connectivity index (χ0) is 15.5. The van der Waals surface area contributed by atoms with Gasteiger partial charge < -0.3 is 9.73 Å². The molecule has 0 unspecified atom stereocenters. The van der Waals surface area contributed by atoms with Gasteiger partial charge in [0.25, 0.3) is 0 Å². The highest BCUT2D eigenvalue weighted by atomic mass is 19.1. The van der Waals surface area contributed by atoms with Gasteiger partial charge in [-0.05, 0) is 37.1 Å². The van der Waals surface area contributed by atoms with Crippen molar-refractivity contribution in [2.24, 2.45) is 0 Å². The second-order valence-corrected chi connectivity index (χ2v) is 5.39. The van der Waals surface area contributed by atoms with Crippen molar-refractivity contribution >= 4 is 5.91 Å². The predicted molar refractivity (Wildman–Crippen MR) is 76.6 cm³/mol. The summed E-state index contributed by atoms with van der Waals surface area (Å²) < 4.78 is 18.9. The molecule has 1 fully saturated rings. The molecule has 1 N–H and O–H groups in total. The fourth-order valence-electron chi connectivity index (χ4n) is 2.59. The maximum Gasteiger partial charge on any atom is 0.437 e. The van der Waals surface area contributed by atoms with E-state index >= 15 is 0 Å². The molecular weight excluding hydrogens is 289 g/mol. The van der Waals surface area contributed by atoms with Crippen LogP contribution in [-0.2, 0) is 11.3 Å². The summed E-state index contributed by atoms with van der Waals surface area (Å²) in [6, 6.07) is 5.61. The van der Waals surface area contributed by atoms with Crippen LogP contribution in [0.5, 0.6) is 0 Å². The van der Waals surface area contributed by atoms with Crippen molar-refractivity contribution in [1.29, 1.82) is 0 Å². The van der Waals surface area contributed by atoms with Crippen molar-refractivity contribution in [1.82, 2.24) is 15.1 Å². The molecule has 1 saturated carbocycles. The van der Waals surface area contributed by atoms with E-state index in [9.17, 15) is 14.0 Å². The highest BCUT2D eigenvalue weighted by Gasteiger charge is 2.19. The fraction of sp³-hybridized carbons (Fsp3) is 0.400. The summed E-state index contributed by atoms with van der Waals surface area (Å²) in [5.74, 6) is -1.28. The molecule has 1 aliphatic rings. The van der Waals surface area contributed by atoms with Crippen molar-refractivity contribution in [3.8, 4) is 11.5 Å². The fourth-order valence-corrected chi connectivity index (χ4v) is 2.59. The van der Waals surface area contributed by atoms with Gasteiger partial charge in [0, 0.05) is 11.6 Å². The second kappa shape index (κ2) is 6.13. The summed E-state index contributed by atoms with van der Waals surface area (Å²) in [7, 11) is 0. The number of nitrogens with one attached hydrogen (secondary N) is 1. The van der Waals surface area contributed by atoms with Gasteiger partial charge in [0.2, 0.25) is 11.8 Å². The number of rotatable bonds is 4. The highest BCUT2D eigenvalue weighted by molar-refractivity contribution is 5.76. The summed E-state index contributed by atoms with van der Waals surface area (Å²) in [4.78, 5) is 23.6. The third-order valence-electron chi connectivity index (χ3n) is 3.71. The third kappa shape index (κ3) is 3.24. The van der Waals surface area contributed by atoms with Gasteiger partial charge in [-0.2, -0.15) is 4.68 Å². The SMILES string of the molecule is O=C(Cn1nc(-c2ccc(F)cc2)oc1=O)NC1CCCC1. The molecule has 7 heteroatoms. The summed E-state index contributed by atoms with van der Waals surface area (Å²) in [5, 5.41) is 6.86. The van der Waals surface area contributed by atoms with E-state index < -0.39 is 5.76 Å². The molecule has 1 aliphatic carbocycles. The Morgan fingerprint density at radius 1 is 1.32 bits per heavy atom. The average Bonchev–Trinajstić information content (AvgIpc) is 3.10. The predicted octanol–water partition coefficient (Wildman–Crippen LogP) is 1.70. The van der Waals surface area contributed by atoms with Crippen LogP contribution >= 0.6 is 0 Å². The van der Waals surface area contributed by atoms with E-state index in [0.717, 1.165) is 30.4 Å². The smallest absolute Gasteiger partial charge is 0.388 e. The first-order valence-corrected chi connectivity index (χ1v) is 7.25. The van der Waals surface area contributed by atoms with E-state index in [2.05, 4.69) is 10.4 Å². The van der Waals surface area contributed by atoms with Gasteiger partial charge in [0.05, 0.1) is 0 Å². The molecule has 0 aliphatic heterocycles. The Kier molecular flexibility index (Phi) is 4.04. The molecule has 1 heterocycles. The molecule has 3 rings (SSSR count). The van der Waals surface area contributed by atoms with Crippen LogP contribution in [0.1, 0.15) is 25.7 Å². The van der Waals surface area contributed by atoms with Crippen LogP contribution in [0.25, 0.3) is 11.5 Å². The molecule has 0 radical (unpaired) electrons. The van der Waals surface area contributed by atoms with E-state index in [1.165, 1.54) is 24.3 Å². The molecule has 116 valence electrons. The first-order valence-electron chi connectivity index (χ1n) is 7.25. The molecule has 1 aromatic carbocycles. The Bertz CT molecular complexity index is 714. The summed E-state index contributed by atoms with van der Waals surface area (Å²) in [6.45, 7) is -0.181. The maximum atomic E-state index is 12.9. The Morgan fingerprint density at radius 3 is 2.68 bits per heavy atom. The molecule has 0 saturated heterocycles. The molecule has 2 aromatic rings. The lowest BCUT2D eigenvalue weighted by molar-refractivity contribution is -0.122. The number of halogens is 1. The number of hydrogen-bond donors (Lipinski definition) is 1. The number of carbonyl (C=O) groups is 1. The van der Waals surface area contributed by atoms with E-state index in [-0.39, 0.29) is 30.2 Å². The largest absolute Gasteiger partial charge is 0.437 e. The first-order chi connectivity index (χ1) is 10.6. The standard InChI is InChI=1S/C15H16FN3O3/c16-11-7-5-10(6-8-11)14-18-19(15(21)22-14)9-13(20)17-12-3-1-2-4-12/h5-8,12H,1-4,9H2,(H,17,20). The Morgan fingerprint density at radius 2 is 2.00 bits per heavy atom. The minimum atomic E-state index is -0.708. The van der Waals surface area contributed by atoms with Crippen LogP contribution in [-0.4, -0.2) is 21.7 Å². The van der Waals surface area contributed by atoms with Crippen LogP contribution in [0.3, 0.4) is 0 Å². The minimum absolute atomic E-state index is 0.0682. The summed E-state index contributed by atoms with van der Waals surface area (Å²) in [5.41, 5.74) is 0.480. The normalized spacial score (nSPS) is 15.1. The van der Waals surface area contributed by atoms with Gasteiger partial charge in [0.15, 0.2) is 0 Å². The van der Waals surface area contributed by atoms with Gasteiger partial charge in [-0.3, -0.25) is 4.79 Å². The Balaban J connectivity index is 1.70. The maximum absolute atomic E-state index is 12.9. The Hall–Kier alpha value is -2.44. The molecule has 0 bridgehead atoms. The van der Waals surface area contributed by atoms with E-state index in [4.69, 9.17) is 4.42 Å². The van der Waals surface area contributed by atoms with Crippen molar-refractivity contribution < 1.29 is 13.6 Å². The number of benzene rings is 1.